The first-order chi connectivity index (χ1) is 11.3. The van der Waals surface area contributed by atoms with Crippen LogP contribution in [0.1, 0.15) is 28.0 Å². The topological polar surface area (TPSA) is 65.4 Å². The molecule has 1 aliphatic heterocycles. The van der Waals surface area contributed by atoms with Crippen molar-refractivity contribution in [3.05, 3.63) is 71.9 Å². The Balaban J connectivity index is 1.81. The average Bonchev–Trinajstić information content (AvgIpc) is 3.26. The number of H-pyrrole nitrogens is 1. The number of aromatic amines is 1. The van der Waals surface area contributed by atoms with Gasteiger partial charge >= 0.3 is 0 Å². The Morgan fingerprint density at radius 3 is 2.83 bits per heavy atom. The van der Waals surface area contributed by atoms with E-state index in [1.807, 2.05) is 49.5 Å². The summed E-state index contributed by atoms with van der Waals surface area (Å²) in [6.07, 6.45) is 3.05. The van der Waals surface area contributed by atoms with E-state index in [1.165, 1.54) is 0 Å². The van der Waals surface area contributed by atoms with Crippen LogP contribution in [0.25, 0.3) is 0 Å². The SMILES string of the molecule is CN1c2ccccc2C(=O)N(Cc2ccco2)[C@H]1c1ccn[nH]1. The van der Waals surface area contributed by atoms with Gasteiger partial charge in [-0.3, -0.25) is 9.89 Å². The smallest absolute Gasteiger partial charge is 0.258 e. The molecule has 0 saturated carbocycles. The number of anilines is 1. The molecule has 3 heterocycles. The zero-order chi connectivity index (χ0) is 15.8. The second-order valence-electron chi connectivity index (χ2n) is 5.53. The van der Waals surface area contributed by atoms with Crippen LogP contribution in [0.4, 0.5) is 5.69 Å². The van der Waals surface area contributed by atoms with Crippen LogP contribution < -0.4 is 4.90 Å². The summed E-state index contributed by atoms with van der Waals surface area (Å²) in [6.45, 7) is 0.397. The highest BCUT2D eigenvalue weighted by Crippen LogP contribution is 2.37. The fourth-order valence-corrected chi connectivity index (χ4v) is 3.08. The molecular weight excluding hydrogens is 292 g/mol. The number of para-hydroxylation sites is 1. The zero-order valence-electron chi connectivity index (χ0n) is 12.6. The summed E-state index contributed by atoms with van der Waals surface area (Å²) in [5, 5.41) is 7.01. The van der Waals surface area contributed by atoms with Crippen molar-refractivity contribution in [3.8, 4) is 0 Å². The molecule has 1 aromatic carbocycles. The van der Waals surface area contributed by atoms with E-state index in [1.54, 1.807) is 17.4 Å². The quantitative estimate of drug-likeness (QED) is 0.808. The lowest BCUT2D eigenvalue weighted by atomic mass is 10.0. The summed E-state index contributed by atoms with van der Waals surface area (Å²) < 4.78 is 5.44. The number of fused-ring (bicyclic) bond motifs is 1. The molecule has 0 fully saturated rings. The predicted octanol–water partition coefficient (Wildman–Crippen LogP) is 2.79. The number of nitrogens with zero attached hydrogens (tertiary/aromatic N) is 3. The Hall–Kier alpha value is -3.02. The minimum Gasteiger partial charge on any atom is -0.467 e. The van der Waals surface area contributed by atoms with Gasteiger partial charge in [0.15, 0.2) is 0 Å². The molecule has 0 spiro atoms. The molecule has 3 aromatic rings. The summed E-state index contributed by atoms with van der Waals surface area (Å²) in [5.41, 5.74) is 2.46. The number of amides is 1. The van der Waals surface area contributed by atoms with Gasteiger partial charge in [0, 0.05) is 13.2 Å². The van der Waals surface area contributed by atoms with E-state index in [4.69, 9.17) is 4.42 Å². The van der Waals surface area contributed by atoms with E-state index in [9.17, 15) is 4.79 Å². The van der Waals surface area contributed by atoms with E-state index in [2.05, 4.69) is 15.1 Å². The highest BCUT2D eigenvalue weighted by molar-refractivity contribution is 6.01. The maximum absolute atomic E-state index is 13.0. The number of benzene rings is 1. The molecule has 6 heteroatoms. The lowest BCUT2D eigenvalue weighted by Gasteiger charge is -2.42. The van der Waals surface area contributed by atoms with Crippen molar-refractivity contribution in [1.29, 1.82) is 0 Å². The Morgan fingerprint density at radius 2 is 2.09 bits per heavy atom. The van der Waals surface area contributed by atoms with Crippen LogP contribution in [0.15, 0.2) is 59.3 Å². The van der Waals surface area contributed by atoms with Crippen LogP contribution in [0.2, 0.25) is 0 Å². The molecule has 0 saturated heterocycles. The molecule has 23 heavy (non-hydrogen) atoms. The second kappa shape index (κ2) is 5.31. The normalized spacial score (nSPS) is 17.4. The van der Waals surface area contributed by atoms with Gasteiger partial charge in [-0.2, -0.15) is 5.10 Å². The minimum atomic E-state index is -0.259. The first-order valence-corrected chi connectivity index (χ1v) is 7.40. The van der Waals surface area contributed by atoms with Crippen molar-refractivity contribution >= 4 is 11.6 Å². The number of nitrogens with one attached hydrogen (secondary N) is 1. The molecule has 1 amide bonds. The van der Waals surface area contributed by atoms with Crippen molar-refractivity contribution in [2.24, 2.45) is 0 Å². The highest BCUT2D eigenvalue weighted by Gasteiger charge is 2.37. The van der Waals surface area contributed by atoms with Crippen LogP contribution in [0, 0.1) is 0 Å². The van der Waals surface area contributed by atoms with E-state index >= 15 is 0 Å². The minimum absolute atomic E-state index is 0.0188. The van der Waals surface area contributed by atoms with Gasteiger partial charge in [-0.15, -0.1) is 0 Å². The largest absolute Gasteiger partial charge is 0.467 e. The lowest BCUT2D eigenvalue weighted by Crippen LogP contribution is -2.47. The number of aromatic nitrogens is 2. The van der Waals surface area contributed by atoms with Crippen molar-refractivity contribution in [3.63, 3.8) is 0 Å². The van der Waals surface area contributed by atoms with Gasteiger partial charge in [0.25, 0.3) is 5.91 Å². The third kappa shape index (κ3) is 2.19. The van der Waals surface area contributed by atoms with Crippen molar-refractivity contribution in [2.45, 2.75) is 12.7 Å². The second-order valence-corrected chi connectivity index (χ2v) is 5.53. The van der Waals surface area contributed by atoms with Crippen LogP contribution >= 0.6 is 0 Å². The number of carbonyl (C=O) groups excluding carboxylic acids is 1. The Kier molecular flexibility index (Phi) is 3.15. The molecule has 1 aliphatic rings. The van der Waals surface area contributed by atoms with Crippen LogP contribution in [0.5, 0.6) is 0 Å². The number of furan rings is 1. The first-order valence-electron chi connectivity index (χ1n) is 7.40. The Labute approximate surface area is 133 Å². The number of hydrogen-bond acceptors (Lipinski definition) is 4. The maximum atomic E-state index is 13.0. The summed E-state index contributed by atoms with van der Waals surface area (Å²) in [5.74, 6) is 0.727. The van der Waals surface area contributed by atoms with Crippen LogP contribution in [-0.4, -0.2) is 28.1 Å². The first kappa shape index (κ1) is 13.6. The Bertz CT molecular complexity index is 811. The number of hydrogen-bond donors (Lipinski definition) is 1. The molecule has 116 valence electrons. The monoisotopic (exact) mass is 308 g/mol. The third-order valence-corrected chi connectivity index (χ3v) is 4.14. The highest BCUT2D eigenvalue weighted by atomic mass is 16.3. The van der Waals surface area contributed by atoms with Gasteiger partial charge < -0.3 is 14.2 Å². The molecule has 0 unspecified atom stereocenters. The fourth-order valence-electron chi connectivity index (χ4n) is 3.08. The lowest BCUT2D eigenvalue weighted by molar-refractivity contribution is 0.0614. The van der Waals surface area contributed by atoms with Gasteiger partial charge in [-0.1, -0.05) is 12.1 Å². The van der Waals surface area contributed by atoms with Crippen LogP contribution in [-0.2, 0) is 6.54 Å². The number of carbonyl (C=O) groups is 1. The molecule has 4 rings (SSSR count). The number of rotatable bonds is 3. The standard InChI is InChI=1S/C17H16N4O2/c1-20-15-7-3-2-6-13(15)17(22)21(11-12-5-4-10-23-12)16(20)14-8-9-18-19-14/h2-10,16H,11H2,1H3,(H,18,19)/t16-/m0/s1. The van der Waals surface area contributed by atoms with Crippen molar-refractivity contribution in [2.75, 3.05) is 11.9 Å². The zero-order valence-corrected chi connectivity index (χ0v) is 12.6. The van der Waals surface area contributed by atoms with E-state index < -0.39 is 0 Å². The molecule has 1 atom stereocenters. The Morgan fingerprint density at radius 1 is 1.22 bits per heavy atom. The van der Waals surface area contributed by atoms with E-state index in [-0.39, 0.29) is 12.1 Å². The summed E-state index contributed by atoms with van der Waals surface area (Å²) in [4.78, 5) is 16.9. The van der Waals surface area contributed by atoms with Gasteiger partial charge in [0.05, 0.1) is 29.8 Å². The van der Waals surface area contributed by atoms with Crippen molar-refractivity contribution < 1.29 is 9.21 Å². The summed E-state index contributed by atoms with van der Waals surface area (Å²) in [6, 6.07) is 13.2. The van der Waals surface area contributed by atoms with E-state index in [0.29, 0.717) is 12.1 Å². The summed E-state index contributed by atoms with van der Waals surface area (Å²) in [7, 11) is 1.98. The summed E-state index contributed by atoms with van der Waals surface area (Å²) >= 11 is 0. The fraction of sp³-hybridized carbons (Fsp3) is 0.176. The van der Waals surface area contributed by atoms with Gasteiger partial charge in [-0.05, 0) is 30.3 Å². The molecule has 0 bridgehead atoms. The molecule has 0 radical (unpaired) electrons. The molecule has 1 N–H and O–H groups in total. The van der Waals surface area contributed by atoms with Gasteiger partial charge in [-0.25, -0.2) is 0 Å². The van der Waals surface area contributed by atoms with Gasteiger partial charge in [0.2, 0.25) is 0 Å². The third-order valence-electron chi connectivity index (χ3n) is 4.14. The van der Waals surface area contributed by atoms with Crippen molar-refractivity contribution in [1.82, 2.24) is 15.1 Å². The molecular formula is C17H16N4O2. The average molecular weight is 308 g/mol. The maximum Gasteiger partial charge on any atom is 0.258 e. The molecule has 6 nitrogen and oxygen atoms in total. The molecule has 2 aromatic heterocycles. The molecule has 0 aliphatic carbocycles. The van der Waals surface area contributed by atoms with Crippen LogP contribution in [0.3, 0.4) is 0 Å². The van der Waals surface area contributed by atoms with E-state index in [0.717, 1.165) is 17.1 Å². The van der Waals surface area contributed by atoms with Gasteiger partial charge in [0.1, 0.15) is 11.9 Å². The predicted molar refractivity (Wildman–Crippen MR) is 84.8 cm³/mol.